The minimum atomic E-state index is -3.98. The lowest BCUT2D eigenvalue weighted by atomic mass is 10.0. The van der Waals surface area contributed by atoms with Crippen molar-refractivity contribution in [1.82, 2.24) is 5.32 Å². The molecule has 134 valence electrons. The Kier molecular flexibility index (Phi) is 6.21. The number of benzene rings is 2. The fourth-order valence-electron chi connectivity index (χ4n) is 2.35. The molecule has 0 atom stereocenters. The maximum atomic E-state index is 12.2. The van der Waals surface area contributed by atoms with E-state index in [0.717, 1.165) is 5.56 Å². The summed E-state index contributed by atoms with van der Waals surface area (Å²) >= 11 is 5.81. The van der Waals surface area contributed by atoms with E-state index in [1.807, 2.05) is 12.1 Å². The van der Waals surface area contributed by atoms with Gasteiger partial charge >= 0.3 is 0 Å². The van der Waals surface area contributed by atoms with Crippen LogP contribution in [-0.4, -0.2) is 20.9 Å². The minimum absolute atomic E-state index is 0.00991. The summed E-state index contributed by atoms with van der Waals surface area (Å²) in [6, 6.07) is 12.2. The van der Waals surface area contributed by atoms with Crippen LogP contribution in [0.2, 0.25) is 5.02 Å². The summed E-state index contributed by atoms with van der Waals surface area (Å²) in [5, 5.41) is 7.85. The van der Waals surface area contributed by atoms with Crippen molar-refractivity contribution in [3.8, 4) is 0 Å². The Morgan fingerprint density at radius 1 is 1.16 bits per heavy atom. The van der Waals surface area contributed by atoms with E-state index < -0.39 is 10.0 Å². The standard InChI is InChI=1S/C18H21ClN2O3S/c1-12(2)14-5-3-13(4-6-14)9-10-21-18(22)15-7-8-16(19)17(11-15)25(20,23)24/h3-8,11-12H,9-10H2,1-2H3,(H,21,22)(H2,20,23,24). The van der Waals surface area contributed by atoms with Crippen molar-refractivity contribution < 1.29 is 13.2 Å². The first-order valence-electron chi connectivity index (χ1n) is 7.88. The Hall–Kier alpha value is -1.89. The molecule has 2 aromatic carbocycles. The number of amides is 1. The number of nitrogens with one attached hydrogen (secondary N) is 1. The molecule has 5 nitrogen and oxygen atoms in total. The molecule has 0 aromatic heterocycles. The molecule has 0 aliphatic heterocycles. The molecular formula is C18H21ClN2O3S. The van der Waals surface area contributed by atoms with Gasteiger partial charge in [0.2, 0.25) is 10.0 Å². The van der Waals surface area contributed by atoms with Crippen LogP contribution < -0.4 is 10.5 Å². The Morgan fingerprint density at radius 2 is 1.80 bits per heavy atom. The van der Waals surface area contributed by atoms with E-state index in [1.165, 1.54) is 23.8 Å². The monoisotopic (exact) mass is 380 g/mol. The number of hydrogen-bond acceptors (Lipinski definition) is 3. The van der Waals surface area contributed by atoms with Crippen molar-refractivity contribution in [3.05, 3.63) is 64.2 Å². The van der Waals surface area contributed by atoms with E-state index in [1.54, 1.807) is 0 Å². The SMILES string of the molecule is CC(C)c1ccc(CCNC(=O)c2ccc(Cl)c(S(N)(=O)=O)c2)cc1. The van der Waals surface area contributed by atoms with Gasteiger partial charge in [-0.3, -0.25) is 4.79 Å². The van der Waals surface area contributed by atoms with Crippen LogP contribution in [0.3, 0.4) is 0 Å². The predicted molar refractivity (Wildman–Crippen MR) is 99.4 cm³/mol. The highest BCUT2D eigenvalue weighted by Crippen LogP contribution is 2.21. The maximum absolute atomic E-state index is 12.2. The summed E-state index contributed by atoms with van der Waals surface area (Å²) in [4.78, 5) is 11.9. The number of carbonyl (C=O) groups excluding carboxylic acids is 1. The van der Waals surface area contributed by atoms with Crippen LogP contribution >= 0.6 is 11.6 Å². The Balaban J connectivity index is 1.99. The molecule has 0 radical (unpaired) electrons. The van der Waals surface area contributed by atoms with Gasteiger partial charge in [0.1, 0.15) is 4.90 Å². The first kappa shape index (κ1) is 19.4. The van der Waals surface area contributed by atoms with Gasteiger partial charge in [-0.15, -0.1) is 0 Å². The third-order valence-electron chi connectivity index (χ3n) is 3.85. The van der Waals surface area contributed by atoms with Gasteiger partial charge in [0.25, 0.3) is 5.91 Å². The molecule has 0 heterocycles. The van der Waals surface area contributed by atoms with Crippen LogP contribution in [-0.2, 0) is 16.4 Å². The van der Waals surface area contributed by atoms with Crippen LogP contribution in [0.25, 0.3) is 0 Å². The fourth-order valence-corrected chi connectivity index (χ4v) is 3.43. The zero-order valence-corrected chi connectivity index (χ0v) is 15.7. The molecule has 2 rings (SSSR count). The maximum Gasteiger partial charge on any atom is 0.251 e. The van der Waals surface area contributed by atoms with Gasteiger partial charge in [0.05, 0.1) is 5.02 Å². The van der Waals surface area contributed by atoms with Crippen LogP contribution in [0.15, 0.2) is 47.4 Å². The summed E-state index contributed by atoms with van der Waals surface area (Å²) in [5.41, 5.74) is 2.58. The molecule has 3 N–H and O–H groups in total. The van der Waals surface area contributed by atoms with E-state index in [2.05, 4.69) is 31.3 Å². The number of hydrogen-bond donors (Lipinski definition) is 2. The summed E-state index contributed by atoms with van der Waals surface area (Å²) < 4.78 is 22.9. The van der Waals surface area contributed by atoms with Gasteiger partial charge in [-0.1, -0.05) is 49.7 Å². The third kappa shape index (κ3) is 5.29. The van der Waals surface area contributed by atoms with Crippen molar-refractivity contribution in [2.45, 2.75) is 31.1 Å². The molecule has 0 saturated carbocycles. The molecule has 0 unspecified atom stereocenters. The Bertz CT molecular complexity index is 862. The molecule has 2 aromatic rings. The first-order valence-corrected chi connectivity index (χ1v) is 9.80. The van der Waals surface area contributed by atoms with Gasteiger partial charge in [0.15, 0.2) is 0 Å². The van der Waals surface area contributed by atoms with Crippen LogP contribution in [0.5, 0.6) is 0 Å². The summed E-state index contributed by atoms with van der Waals surface area (Å²) in [7, 11) is -3.98. The van der Waals surface area contributed by atoms with Crippen LogP contribution in [0.4, 0.5) is 0 Å². The summed E-state index contributed by atoms with van der Waals surface area (Å²) in [6.07, 6.45) is 0.680. The second-order valence-electron chi connectivity index (χ2n) is 6.09. The largest absolute Gasteiger partial charge is 0.352 e. The number of sulfonamides is 1. The Labute approximate surface area is 153 Å². The number of rotatable bonds is 6. The van der Waals surface area contributed by atoms with Gasteiger partial charge in [0, 0.05) is 12.1 Å². The second-order valence-corrected chi connectivity index (χ2v) is 8.03. The molecule has 0 spiro atoms. The molecule has 0 aliphatic carbocycles. The lowest BCUT2D eigenvalue weighted by Gasteiger charge is -2.09. The first-order chi connectivity index (χ1) is 11.7. The smallest absolute Gasteiger partial charge is 0.251 e. The molecule has 1 amide bonds. The second kappa shape index (κ2) is 7.99. The van der Waals surface area contributed by atoms with E-state index in [-0.39, 0.29) is 21.4 Å². The highest BCUT2D eigenvalue weighted by Gasteiger charge is 2.16. The van der Waals surface area contributed by atoms with Crippen LogP contribution in [0.1, 0.15) is 41.3 Å². The van der Waals surface area contributed by atoms with Crippen LogP contribution in [0, 0.1) is 0 Å². The fraction of sp³-hybridized carbons (Fsp3) is 0.278. The number of nitrogens with two attached hydrogens (primary N) is 1. The van der Waals surface area contributed by atoms with Crippen molar-refractivity contribution in [2.24, 2.45) is 5.14 Å². The quantitative estimate of drug-likeness (QED) is 0.806. The van der Waals surface area contributed by atoms with E-state index in [0.29, 0.717) is 18.9 Å². The van der Waals surface area contributed by atoms with E-state index in [9.17, 15) is 13.2 Å². The third-order valence-corrected chi connectivity index (χ3v) is 5.24. The minimum Gasteiger partial charge on any atom is -0.352 e. The van der Waals surface area contributed by atoms with Crippen molar-refractivity contribution >= 4 is 27.5 Å². The average Bonchev–Trinajstić information content (AvgIpc) is 2.54. The molecular weight excluding hydrogens is 360 g/mol. The lowest BCUT2D eigenvalue weighted by Crippen LogP contribution is -2.26. The van der Waals surface area contributed by atoms with Gasteiger partial charge in [-0.25, -0.2) is 13.6 Å². The van der Waals surface area contributed by atoms with E-state index in [4.69, 9.17) is 16.7 Å². The summed E-state index contributed by atoms with van der Waals surface area (Å²) in [6.45, 7) is 4.71. The number of carbonyl (C=O) groups is 1. The van der Waals surface area contributed by atoms with Crippen molar-refractivity contribution in [2.75, 3.05) is 6.54 Å². The van der Waals surface area contributed by atoms with Gasteiger partial charge in [-0.05, 0) is 41.7 Å². The zero-order chi connectivity index (χ0) is 18.6. The molecule has 0 bridgehead atoms. The molecule has 7 heteroatoms. The predicted octanol–water partition coefficient (Wildman–Crippen LogP) is 3.08. The molecule has 25 heavy (non-hydrogen) atoms. The van der Waals surface area contributed by atoms with Crippen molar-refractivity contribution in [1.29, 1.82) is 0 Å². The highest BCUT2D eigenvalue weighted by molar-refractivity contribution is 7.89. The lowest BCUT2D eigenvalue weighted by molar-refractivity contribution is 0.0954. The summed E-state index contributed by atoms with van der Waals surface area (Å²) in [5.74, 6) is 0.104. The average molecular weight is 381 g/mol. The normalized spacial score (nSPS) is 11.6. The molecule has 0 fully saturated rings. The number of primary sulfonamides is 1. The topological polar surface area (TPSA) is 89.3 Å². The van der Waals surface area contributed by atoms with Gasteiger partial charge < -0.3 is 5.32 Å². The van der Waals surface area contributed by atoms with Crippen molar-refractivity contribution in [3.63, 3.8) is 0 Å². The number of halogens is 1. The molecule has 0 saturated heterocycles. The van der Waals surface area contributed by atoms with Gasteiger partial charge in [-0.2, -0.15) is 0 Å². The van der Waals surface area contributed by atoms with E-state index >= 15 is 0 Å². The zero-order valence-electron chi connectivity index (χ0n) is 14.1. The highest BCUT2D eigenvalue weighted by atomic mass is 35.5. The molecule has 0 aliphatic rings. The Morgan fingerprint density at radius 3 is 2.36 bits per heavy atom.